The first-order chi connectivity index (χ1) is 6.47. The first-order valence-electron chi connectivity index (χ1n) is 5.41. The molecule has 0 bridgehead atoms. The van der Waals surface area contributed by atoms with Gasteiger partial charge in [-0.2, -0.15) is 0 Å². The largest absolute Gasteiger partial charge is 0.310 e. The van der Waals surface area contributed by atoms with Gasteiger partial charge in [0.2, 0.25) is 0 Å². The number of rotatable bonds is 4. The molecule has 0 spiro atoms. The number of hydrogen-bond acceptors (Lipinski definition) is 3. The molecule has 0 aromatic carbocycles. The molecule has 1 unspecified atom stereocenters. The zero-order chi connectivity index (χ0) is 10.6. The molecule has 0 radical (unpaired) electrons. The standard InChI is InChI=1S/C10H21NO2S/c1-9(8-14(2,12)13)11-10-6-4-3-5-7-10/h9-11H,3-8H2,1-2H3. The topological polar surface area (TPSA) is 46.2 Å². The Balaban J connectivity index is 2.28. The Bertz CT molecular complexity index is 255. The smallest absolute Gasteiger partial charge is 0.148 e. The second kappa shape index (κ2) is 5.12. The lowest BCUT2D eigenvalue weighted by atomic mass is 9.95. The molecule has 0 aromatic heterocycles. The van der Waals surface area contributed by atoms with Gasteiger partial charge >= 0.3 is 0 Å². The third-order valence-corrected chi connectivity index (χ3v) is 3.78. The zero-order valence-corrected chi connectivity index (χ0v) is 9.94. The molecule has 0 aliphatic heterocycles. The molecule has 3 nitrogen and oxygen atoms in total. The molecular formula is C10H21NO2S. The van der Waals surface area contributed by atoms with Crippen LogP contribution in [0.4, 0.5) is 0 Å². The van der Waals surface area contributed by atoms with Gasteiger partial charge in [0, 0.05) is 18.3 Å². The second-order valence-electron chi connectivity index (χ2n) is 4.50. The van der Waals surface area contributed by atoms with Gasteiger partial charge in [0.25, 0.3) is 0 Å². The van der Waals surface area contributed by atoms with Gasteiger partial charge in [0.1, 0.15) is 9.84 Å². The molecule has 0 saturated heterocycles. The molecule has 0 heterocycles. The summed E-state index contributed by atoms with van der Waals surface area (Å²) in [5.41, 5.74) is 0. The Morgan fingerprint density at radius 1 is 1.29 bits per heavy atom. The SMILES string of the molecule is CC(CS(C)(=O)=O)NC1CCCCC1. The van der Waals surface area contributed by atoms with E-state index >= 15 is 0 Å². The summed E-state index contributed by atoms with van der Waals surface area (Å²) in [7, 11) is -2.84. The van der Waals surface area contributed by atoms with E-state index in [-0.39, 0.29) is 11.8 Å². The molecule has 1 aliphatic carbocycles. The van der Waals surface area contributed by atoms with Gasteiger partial charge in [-0.15, -0.1) is 0 Å². The summed E-state index contributed by atoms with van der Waals surface area (Å²) in [5, 5.41) is 3.40. The van der Waals surface area contributed by atoms with E-state index in [1.54, 1.807) is 0 Å². The van der Waals surface area contributed by atoms with Crippen LogP contribution in [-0.4, -0.2) is 32.5 Å². The van der Waals surface area contributed by atoms with Gasteiger partial charge in [0.15, 0.2) is 0 Å². The van der Waals surface area contributed by atoms with Crippen LogP contribution in [-0.2, 0) is 9.84 Å². The summed E-state index contributed by atoms with van der Waals surface area (Å²) in [6.07, 6.45) is 7.60. The quantitative estimate of drug-likeness (QED) is 0.776. The van der Waals surface area contributed by atoms with Crippen LogP contribution in [0.3, 0.4) is 0 Å². The molecule has 1 atom stereocenters. The van der Waals surface area contributed by atoms with Gasteiger partial charge in [-0.1, -0.05) is 19.3 Å². The second-order valence-corrected chi connectivity index (χ2v) is 6.68. The highest BCUT2D eigenvalue weighted by Crippen LogP contribution is 2.17. The number of nitrogens with one attached hydrogen (secondary N) is 1. The first-order valence-corrected chi connectivity index (χ1v) is 7.47. The van der Waals surface area contributed by atoms with Gasteiger partial charge in [-0.05, 0) is 19.8 Å². The van der Waals surface area contributed by atoms with E-state index < -0.39 is 9.84 Å². The minimum atomic E-state index is -2.84. The van der Waals surface area contributed by atoms with Crippen LogP contribution in [0, 0.1) is 0 Å². The summed E-state index contributed by atoms with van der Waals surface area (Å²) in [5.74, 6) is 0.253. The molecule has 84 valence electrons. The van der Waals surface area contributed by atoms with Crippen LogP contribution in [0.15, 0.2) is 0 Å². The fraction of sp³-hybridized carbons (Fsp3) is 1.00. The monoisotopic (exact) mass is 219 g/mol. The van der Waals surface area contributed by atoms with Crippen LogP contribution in [0.1, 0.15) is 39.0 Å². The van der Waals surface area contributed by atoms with Crippen molar-refractivity contribution in [1.29, 1.82) is 0 Å². The predicted molar refractivity (Wildman–Crippen MR) is 59.2 cm³/mol. The molecule has 0 aromatic rings. The highest BCUT2D eigenvalue weighted by Gasteiger charge is 2.17. The maximum atomic E-state index is 11.0. The van der Waals surface area contributed by atoms with E-state index in [1.165, 1.54) is 38.4 Å². The summed E-state index contributed by atoms with van der Waals surface area (Å²) >= 11 is 0. The summed E-state index contributed by atoms with van der Waals surface area (Å²) in [6.45, 7) is 1.95. The molecule has 0 amide bonds. The Labute approximate surface area is 87.2 Å². The maximum absolute atomic E-state index is 11.0. The molecule has 14 heavy (non-hydrogen) atoms. The van der Waals surface area contributed by atoms with E-state index in [0.29, 0.717) is 6.04 Å². The Hall–Kier alpha value is -0.0900. The Morgan fingerprint density at radius 2 is 1.86 bits per heavy atom. The zero-order valence-electron chi connectivity index (χ0n) is 9.12. The molecule has 1 fully saturated rings. The normalized spacial score (nSPS) is 22.1. The van der Waals surface area contributed by atoms with Crippen molar-refractivity contribution in [2.24, 2.45) is 0 Å². The van der Waals surface area contributed by atoms with Crippen LogP contribution in [0.2, 0.25) is 0 Å². The number of hydrogen-bond donors (Lipinski definition) is 1. The average molecular weight is 219 g/mol. The lowest BCUT2D eigenvalue weighted by Gasteiger charge is -2.26. The van der Waals surface area contributed by atoms with E-state index in [1.807, 2.05) is 6.92 Å². The fourth-order valence-electron chi connectivity index (χ4n) is 2.17. The van der Waals surface area contributed by atoms with Crippen molar-refractivity contribution < 1.29 is 8.42 Å². The van der Waals surface area contributed by atoms with Gasteiger partial charge in [-0.3, -0.25) is 0 Å². The lowest BCUT2D eigenvalue weighted by Crippen LogP contribution is -2.41. The highest BCUT2D eigenvalue weighted by molar-refractivity contribution is 7.90. The highest BCUT2D eigenvalue weighted by atomic mass is 32.2. The van der Waals surface area contributed by atoms with E-state index in [0.717, 1.165) is 0 Å². The molecule has 4 heteroatoms. The van der Waals surface area contributed by atoms with Crippen molar-refractivity contribution in [3.63, 3.8) is 0 Å². The average Bonchev–Trinajstić information content (AvgIpc) is 2.02. The minimum Gasteiger partial charge on any atom is -0.310 e. The Kier molecular flexibility index (Phi) is 4.38. The third kappa shape index (κ3) is 4.96. The minimum absolute atomic E-state index is 0.0908. The summed E-state index contributed by atoms with van der Waals surface area (Å²) in [4.78, 5) is 0. The van der Waals surface area contributed by atoms with Gasteiger partial charge in [-0.25, -0.2) is 8.42 Å². The lowest BCUT2D eigenvalue weighted by molar-refractivity contribution is 0.352. The first kappa shape index (κ1) is 12.0. The predicted octanol–water partition coefficient (Wildman–Crippen LogP) is 1.34. The molecule has 1 N–H and O–H groups in total. The maximum Gasteiger partial charge on any atom is 0.148 e. The van der Waals surface area contributed by atoms with Crippen LogP contribution >= 0.6 is 0 Å². The molecule has 1 rings (SSSR count). The summed E-state index contributed by atoms with van der Waals surface area (Å²) in [6, 6.07) is 0.633. The van der Waals surface area contributed by atoms with Crippen molar-refractivity contribution in [2.45, 2.75) is 51.1 Å². The van der Waals surface area contributed by atoms with Crippen LogP contribution in [0.25, 0.3) is 0 Å². The van der Waals surface area contributed by atoms with Crippen LogP contribution < -0.4 is 5.32 Å². The molecule has 1 saturated carbocycles. The van der Waals surface area contributed by atoms with Gasteiger partial charge < -0.3 is 5.32 Å². The van der Waals surface area contributed by atoms with Crippen molar-refractivity contribution >= 4 is 9.84 Å². The third-order valence-electron chi connectivity index (χ3n) is 2.68. The van der Waals surface area contributed by atoms with Crippen molar-refractivity contribution in [1.82, 2.24) is 5.32 Å². The van der Waals surface area contributed by atoms with Gasteiger partial charge in [0.05, 0.1) is 5.75 Å². The van der Waals surface area contributed by atoms with Crippen molar-refractivity contribution in [3.05, 3.63) is 0 Å². The van der Waals surface area contributed by atoms with E-state index in [2.05, 4.69) is 5.32 Å². The van der Waals surface area contributed by atoms with Crippen LogP contribution in [0.5, 0.6) is 0 Å². The van der Waals surface area contributed by atoms with E-state index in [4.69, 9.17) is 0 Å². The molecular weight excluding hydrogens is 198 g/mol. The number of sulfone groups is 1. The fourth-order valence-corrected chi connectivity index (χ4v) is 3.18. The Morgan fingerprint density at radius 3 is 2.36 bits per heavy atom. The summed E-state index contributed by atoms with van der Waals surface area (Å²) < 4.78 is 22.1. The van der Waals surface area contributed by atoms with Crippen molar-refractivity contribution in [2.75, 3.05) is 12.0 Å². The van der Waals surface area contributed by atoms with E-state index in [9.17, 15) is 8.42 Å². The molecule has 1 aliphatic rings. The van der Waals surface area contributed by atoms with Crippen molar-refractivity contribution in [3.8, 4) is 0 Å².